The predicted molar refractivity (Wildman–Crippen MR) is 115 cm³/mol. The Morgan fingerprint density at radius 3 is 2.56 bits per heavy atom. The monoisotopic (exact) mass is 515 g/mol. The predicted octanol–water partition coefficient (Wildman–Crippen LogP) is -0.763. The van der Waals surface area contributed by atoms with Gasteiger partial charge < -0.3 is 20.0 Å². The second-order valence-electron chi connectivity index (χ2n) is 6.97. The van der Waals surface area contributed by atoms with Crippen LogP contribution in [0.25, 0.3) is 0 Å². The van der Waals surface area contributed by atoms with Crippen LogP contribution in [-0.2, 0) is 19.4 Å². The third-order valence-electron chi connectivity index (χ3n) is 4.74. The molecule has 1 unspecified atom stereocenters. The molecule has 2 fully saturated rings. The van der Waals surface area contributed by atoms with Gasteiger partial charge in [0.25, 0.3) is 0 Å². The minimum Gasteiger partial charge on any atom is -0.356 e. The van der Waals surface area contributed by atoms with Crippen molar-refractivity contribution in [3.8, 4) is 0 Å². The second-order valence-corrected chi connectivity index (χ2v) is 9.20. The molecule has 0 aliphatic carbocycles. The van der Waals surface area contributed by atoms with Crippen LogP contribution in [0.3, 0.4) is 0 Å². The van der Waals surface area contributed by atoms with E-state index in [1.54, 1.807) is 19.0 Å². The lowest BCUT2D eigenvalue weighted by molar-refractivity contribution is -0.134. The van der Waals surface area contributed by atoms with Crippen molar-refractivity contribution in [2.45, 2.75) is 13.3 Å². The fraction of sp³-hybridized carbons (Fsp3) is 0.812. The molecule has 0 bridgehead atoms. The lowest BCUT2D eigenvalue weighted by Gasteiger charge is -2.35. The maximum absolute atomic E-state index is 12.2. The lowest BCUT2D eigenvalue weighted by atomic mass is 10.1. The number of nitrogens with one attached hydrogen (secondary N) is 1. The Labute approximate surface area is 178 Å². The Kier molecular flexibility index (Phi) is 9.25. The highest BCUT2D eigenvalue weighted by Crippen LogP contribution is 2.17. The van der Waals surface area contributed by atoms with Crippen molar-refractivity contribution in [1.29, 1.82) is 0 Å². The van der Waals surface area contributed by atoms with Crippen LogP contribution in [-0.4, -0.2) is 106 Å². The van der Waals surface area contributed by atoms with Crippen LogP contribution in [0.1, 0.15) is 13.3 Å². The van der Waals surface area contributed by atoms with E-state index >= 15 is 0 Å². The number of guanidine groups is 1. The number of nitrogens with zero attached hydrogens (tertiary/aromatic N) is 4. The molecule has 2 heterocycles. The number of carbonyl (C=O) groups excluding carboxylic acids is 2. The summed E-state index contributed by atoms with van der Waals surface area (Å²) in [6.45, 7) is 4.51. The summed E-state index contributed by atoms with van der Waals surface area (Å²) in [5.74, 6) is 0.809. The third-order valence-corrected chi connectivity index (χ3v) is 6.58. The number of sulfone groups is 1. The number of hydrogen-bond acceptors (Lipinski definition) is 5. The van der Waals surface area contributed by atoms with Gasteiger partial charge in [-0.3, -0.25) is 9.59 Å². The van der Waals surface area contributed by atoms with Gasteiger partial charge in [0.1, 0.15) is 6.54 Å². The molecule has 1 N–H and O–H groups in total. The summed E-state index contributed by atoms with van der Waals surface area (Å²) in [6.07, 6.45) is 0.627. The van der Waals surface area contributed by atoms with E-state index in [1.807, 2.05) is 11.8 Å². The zero-order valence-electron chi connectivity index (χ0n) is 16.2. The first-order chi connectivity index (χ1) is 12.2. The standard InChI is InChI=1S/C16H29N5O4S.HI/c1-4-20-6-7-21(11-15(20)23)16(18-10-14(22)19(2)3)17-9-13-5-8-26(24,25)12-13;/h13H,4-12H2,1-3H3,(H,17,18);1H. The number of aliphatic imine (C=N–C) groups is 1. The number of rotatable bonds is 5. The summed E-state index contributed by atoms with van der Waals surface area (Å²) >= 11 is 0. The van der Waals surface area contributed by atoms with Crippen LogP contribution in [0.15, 0.2) is 4.99 Å². The molecule has 9 nitrogen and oxygen atoms in total. The van der Waals surface area contributed by atoms with Crippen LogP contribution in [0.4, 0.5) is 0 Å². The summed E-state index contributed by atoms with van der Waals surface area (Å²) in [5.41, 5.74) is 0. The van der Waals surface area contributed by atoms with Gasteiger partial charge in [0.15, 0.2) is 15.8 Å². The lowest BCUT2D eigenvalue weighted by Crippen LogP contribution is -2.55. The van der Waals surface area contributed by atoms with E-state index in [4.69, 9.17) is 0 Å². The van der Waals surface area contributed by atoms with Gasteiger partial charge in [0.05, 0.1) is 18.1 Å². The van der Waals surface area contributed by atoms with Gasteiger partial charge in [-0.2, -0.15) is 0 Å². The average Bonchev–Trinajstić information content (AvgIpc) is 2.93. The van der Waals surface area contributed by atoms with E-state index in [-0.39, 0.29) is 66.3 Å². The summed E-state index contributed by atoms with van der Waals surface area (Å²) in [6, 6.07) is 0. The summed E-state index contributed by atoms with van der Waals surface area (Å²) in [7, 11) is 0.389. The molecule has 27 heavy (non-hydrogen) atoms. The molecule has 2 amide bonds. The van der Waals surface area contributed by atoms with Gasteiger partial charge in [0.2, 0.25) is 11.8 Å². The first-order valence-corrected chi connectivity index (χ1v) is 10.8. The van der Waals surface area contributed by atoms with Crippen LogP contribution in [0, 0.1) is 5.92 Å². The minimum absolute atomic E-state index is 0. The van der Waals surface area contributed by atoms with Gasteiger partial charge >= 0.3 is 0 Å². The molecule has 0 spiro atoms. The molecule has 0 aromatic heterocycles. The van der Waals surface area contributed by atoms with Crippen LogP contribution < -0.4 is 5.32 Å². The topological polar surface area (TPSA) is 102 Å². The molecule has 0 saturated carbocycles. The minimum atomic E-state index is -2.94. The molecule has 0 radical (unpaired) electrons. The zero-order chi connectivity index (χ0) is 19.3. The molecule has 0 aromatic carbocycles. The fourth-order valence-corrected chi connectivity index (χ4v) is 4.91. The average molecular weight is 515 g/mol. The Morgan fingerprint density at radius 2 is 2.04 bits per heavy atom. The highest BCUT2D eigenvalue weighted by molar-refractivity contribution is 14.0. The maximum Gasteiger partial charge on any atom is 0.243 e. The normalized spacial score (nSPS) is 22.4. The largest absolute Gasteiger partial charge is 0.356 e. The Hall–Kier alpha value is -1.11. The Balaban J connectivity index is 0.00000364. The van der Waals surface area contributed by atoms with Crippen molar-refractivity contribution in [2.24, 2.45) is 10.9 Å². The number of likely N-dealkylation sites (N-methyl/N-ethyl adjacent to an activating group) is 2. The number of halogens is 1. The van der Waals surface area contributed by atoms with Gasteiger partial charge in [-0.05, 0) is 19.3 Å². The molecular formula is C16H30IN5O4S. The van der Waals surface area contributed by atoms with Gasteiger partial charge in [-0.1, -0.05) is 0 Å². The van der Waals surface area contributed by atoms with Crippen molar-refractivity contribution in [3.63, 3.8) is 0 Å². The van der Waals surface area contributed by atoms with Gasteiger partial charge in [-0.15, -0.1) is 24.0 Å². The summed E-state index contributed by atoms with van der Waals surface area (Å²) in [4.78, 5) is 33.5. The zero-order valence-corrected chi connectivity index (χ0v) is 19.3. The second kappa shape index (κ2) is 10.4. The SMILES string of the molecule is CCN1CCN(C(=NCC(=O)N(C)C)NCC2CCS(=O)(=O)C2)CC1=O.I. The smallest absolute Gasteiger partial charge is 0.243 e. The van der Waals surface area contributed by atoms with E-state index in [9.17, 15) is 18.0 Å². The van der Waals surface area contributed by atoms with Crippen molar-refractivity contribution in [2.75, 3.05) is 64.9 Å². The maximum atomic E-state index is 12.2. The summed E-state index contributed by atoms with van der Waals surface area (Å²) in [5, 5.41) is 3.19. The van der Waals surface area contributed by atoms with Crippen molar-refractivity contribution in [1.82, 2.24) is 20.0 Å². The third kappa shape index (κ3) is 7.09. The molecule has 2 aliphatic heterocycles. The molecule has 2 saturated heterocycles. The van der Waals surface area contributed by atoms with E-state index in [0.29, 0.717) is 38.6 Å². The van der Waals surface area contributed by atoms with E-state index < -0.39 is 9.84 Å². The Bertz CT molecular complexity index is 668. The molecule has 2 aliphatic rings. The highest BCUT2D eigenvalue weighted by Gasteiger charge is 2.29. The van der Waals surface area contributed by atoms with Crippen molar-refractivity contribution >= 4 is 51.6 Å². The first kappa shape index (κ1) is 23.9. The highest BCUT2D eigenvalue weighted by atomic mass is 127. The van der Waals surface area contributed by atoms with Crippen LogP contribution in [0.5, 0.6) is 0 Å². The van der Waals surface area contributed by atoms with E-state index in [1.165, 1.54) is 4.90 Å². The quantitative estimate of drug-likeness (QED) is 0.294. The molecule has 156 valence electrons. The van der Waals surface area contributed by atoms with Gasteiger partial charge in [-0.25, -0.2) is 13.4 Å². The van der Waals surface area contributed by atoms with E-state index in [2.05, 4.69) is 10.3 Å². The first-order valence-electron chi connectivity index (χ1n) is 8.93. The number of piperazine rings is 1. The van der Waals surface area contributed by atoms with Crippen LogP contribution >= 0.6 is 24.0 Å². The molecular weight excluding hydrogens is 485 g/mol. The molecule has 2 rings (SSSR count). The van der Waals surface area contributed by atoms with Crippen molar-refractivity contribution < 1.29 is 18.0 Å². The number of hydrogen-bond donors (Lipinski definition) is 1. The van der Waals surface area contributed by atoms with Crippen molar-refractivity contribution in [3.05, 3.63) is 0 Å². The van der Waals surface area contributed by atoms with Crippen LogP contribution in [0.2, 0.25) is 0 Å². The molecule has 0 aromatic rings. The number of amides is 2. The Morgan fingerprint density at radius 1 is 1.33 bits per heavy atom. The molecule has 11 heteroatoms. The number of carbonyl (C=O) groups is 2. The summed E-state index contributed by atoms with van der Waals surface area (Å²) < 4.78 is 23.2. The molecule has 1 atom stereocenters. The van der Waals surface area contributed by atoms with E-state index in [0.717, 1.165) is 0 Å². The van der Waals surface area contributed by atoms with Gasteiger partial charge in [0, 0.05) is 40.3 Å². The fourth-order valence-electron chi connectivity index (χ4n) is 3.04.